The van der Waals surface area contributed by atoms with Gasteiger partial charge < -0.3 is 10.3 Å². The first-order chi connectivity index (χ1) is 13.8. The Morgan fingerprint density at radius 3 is 2.61 bits per heavy atom. The highest BCUT2D eigenvalue weighted by molar-refractivity contribution is 5.91. The van der Waals surface area contributed by atoms with E-state index >= 15 is 0 Å². The second-order valence-electron chi connectivity index (χ2n) is 6.67. The normalized spacial score (nSPS) is 10.7. The molecular formula is C23H22N4O. The fourth-order valence-corrected chi connectivity index (χ4v) is 3.18. The molecule has 0 saturated carbocycles. The van der Waals surface area contributed by atoms with Crippen LogP contribution in [0.5, 0.6) is 0 Å². The van der Waals surface area contributed by atoms with Gasteiger partial charge in [0, 0.05) is 35.9 Å². The molecule has 0 fully saturated rings. The summed E-state index contributed by atoms with van der Waals surface area (Å²) in [5.41, 5.74) is 5.13. The monoisotopic (exact) mass is 370 g/mol. The Labute approximate surface area is 164 Å². The van der Waals surface area contributed by atoms with Crippen LogP contribution < -0.4 is 5.32 Å². The SMILES string of the molecule is O=C(CCc1ccc(-c2ccccc2)[nH]1)Nc1ccccc1Cn1cccn1. The molecule has 1 amide bonds. The van der Waals surface area contributed by atoms with E-state index in [-0.39, 0.29) is 5.91 Å². The molecule has 2 aromatic carbocycles. The summed E-state index contributed by atoms with van der Waals surface area (Å²) in [5.74, 6) is 0.00350. The average molecular weight is 370 g/mol. The summed E-state index contributed by atoms with van der Waals surface area (Å²) in [4.78, 5) is 15.9. The zero-order valence-corrected chi connectivity index (χ0v) is 15.5. The van der Waals surface area contributed by atoms with Crippen molar-refractivity contribution in [1.29, 1.82) is 0 Å². The van der Waals surface area contributed by atoms with Gasteiger partial charge in [-0.15, -0.1) is 0 Å². The van der Waals surface area contributed by atoms with Crippen LogP contribution in [0.1, 0.15) is 17.7 Å². The number of para-hydroxylation sites is 1. The number of carbonyl (C=O) groups is 1. The molecule has 4 rings (SSSR count). The van der Waals surface area contributed by atoms with Crippen molar-refractivity contribution in [1.82, 2.24) is 14.8 Å². The molecule has 0 aliphatic rings. The van der Waals surface area contributed by atoms with E-state index in [2.05, 4.69) is 33.6 Å². The molecule has 4 aromatic rings. The number of aromatic nitrogens is 3. The van der Waals surface area contributed by atoms with Crippen molar-refractivity contribution in [3.05, 3.63) is 96.4 Å². The average Bonchev–Trinajstić information content (AvgIpc) is 3.41. The number of carbonyl (C=O) groups excluding carboxylic acids is 1. The molecule has 2 N–H and O–H groups in total. The molecule has 0 aliphatic carbocycles. The Bertz CT molecular complexity index is 1040. The summed E-state index contributed by atoms with van der Waals surface area (Å²) in [6.45, 7) is 0.626. The molecule has 0 unspecified atom stereocenters. The van der Waals surface area contributed by atoms with E-state index in [1.165, 1.54) is 0 Å². The Kier molecular flexibility index (Phi) is 5.33. The fourth-order valence-electron chi connectivity index (χ4n) is 3.18. The van der Waals surface area contributed by atoms with Crippen molar-refractivity contribution >= 4 is 11.6 Å². The minimum Gasteiger partial charge on any atom is -0.358 e. The number of rotatable bonds is 7. The molecule has 2 heterocycles. The quantitative estimate of drug-likeness (QED) is 0.503. The van der Waals surface area contributed by atoms with Gasteiger partial charge in [0.1, 0.15) is 0 Å². The van der Waals surface area contributed by atoms with E-state index in [0.717, 1.165) is 28.2 Å². The molecule has 0 spiro atoms. The van der Waals surface area contributed by atoms with Crippen LogP contribution in [-0.2, 0) is 17.8 Å². The number of nitrogens with one attached hydrogen (secondary N) is 2. The van der Waals surface area contributed by atoms with Crippen LogP contribution in [0.15, 0.2) is 85.2 Å². The van der Waals surface area contributed by atoms with Gasteiger partial charge in [0.2, 0.25) is 5.91 Å². The van der Waals surface area contributed by atoms with Gasteiger partial charge in [0.15, 0.2) is 0 Å². The molecule has 0 bridgehead atoms. The molecule has 5 heteroatoms. The number of benzene rings is 2. The maximum Gasteiger partial charge on any atom is 0.224 e. The van der Waals surface area contributed by atoms with Gasteiger partial charge in [-0.2, -0.15) is 5.10 Å². The van der Waals surface area contributed by atoms with Crippen molar-refractivity contribution in [2.45, 2.75) is 19.4 Å². The Balaban J connectivity index is 1.36. The van der Waals surface area contributed by atoms with Crippen LogP contribution in [0, 0.1) is 0 Å². The van der Waals surface area contributed by atoms with E-state index < -0.39 is 0 Å². The minimum absolute atomic E-state index is 0.00350. The van der Waals surface area contributed by atoms with Crippen LogP contribution in [0.2, 0.25) is 0 Å². The predicted molar refractivity (Wildman–Crippen MR) is 111 cm³/mol. The lowest BCUT2D eigenvalue weighted by Gasteiger charge is -2.11. The molecular weight excluding hydrogens is 348 g/mol. The molecule has 0 saturated heterocycles. The number of aromatic amines is 1. The van der Waals surface area contributed by atoms with Gasteiger partial charge in [0.05, 0.1) is 6.54 Å². The highest BCUT2D eigenvalue weighted by atomic mass is 16.1. The van der Waals surface area contributed by atoms with Gasteiger partial charge in [-0.1, -0.05) is 48.5 Å². The first-order valence-electron chi connectivity index (χ1n) is 9.36. The number of anilines is 1. The smallest absolute Gasteiger partial charge is 0.224 e. The zero-order chi connectivity index (χ0) is 19.2. The number of hydrogen-bond acceptors (Lipinski definition) is 2. The van der Waals surface area contributed by atoms with Crippen LogP contribution >= 0.6 is 0 Å². The van der Waals surface area contributed by atoms with Crippen LogP contribution in [0.25, 0.3) is 11.3 Å². The van der Waals surface area contributed by atoms with Gasteiger partial charge in [-0.05, 0) is 41.8 Å². The maximum absolute atomic E-state index is 12.5. The zero-order valence-electron chi connectivity index (χ0n) is 15.5. The number of hydrogen-bond donors (Lipinski definition) is 2. The van der Waals surface area contributed by atoms with Crippen molar-refractivity contribution in [2.75, 3.05) is 5.32 Å². The highest BCUT2D eigenvalue weighted by Crippen LogP contribution is 2.19. The maximum atomic E-state index is 12.5. The largest absolute Gasteiger partial charge is 0.358 e. The summed E-state index contributed by atoms with van der Waals surface area (Å²) < 4.78 is 1.84. The Morgan fingerprint density at radius 2 is 1.79 bits per heavy atom. The van der Waals surface area contributed by atoms with Crippen molar-refractivity contribution in [3.8, 4) is 11.3 Å². The second-order valence-corrected chi connectivity index (χ2v) is 6.67. The Morgan fingerprint density at radius 1 is 0.964 bits per heavy atom. The van der Waals surface area contributed by atoms with Crippen LogP contribution in [0.3, 0.4) is 0 Å². The molecule has 140 valence electrons. The second kappa shape index (κ2) is 8.39. The minimum atomic E-state index is 0.00350. The highest BCUT2D eigenvalue weighted by Gasteiger charge is 2.09. The van der Waals surface area contributed by atoms with E-state index in [9.17, 15) is 4.79 Å². The lowest BCUT2D eigenvalue weighted by Crippen LogP contribution is -2.14. The standard InChI is InChI=1S/C23H22N4O/c28-23(14-12-20-11-13-22(25-20)18-7-2-1-3-8-18)26-21-10-5-4-9-19(21)17-27-16-6-15-24-27/h1-11,13,15-16,25H,12,14,17H2,(H,26,28). The van der Waals surface area contributed by atoms with Crippen LogP contribution in [-0.4, -0.2) is 20.7 Å². The van der Waals surface area contributed by atoms with E-state index in [0.29, 0.717) is 19.4 Å². The molecule has 0 atom stereocenters. The van der Waals surface area contributed by atoms with Gasteiger partial charge in [-0.25, -0.2) is 0 Å². The molecule has 28 heavy (non-hydrogen) atoms. The third-order valence-corrected chi connectivity index (χ3v) is 4.64. The Hall–Kier alpha value is -3.60. The molecule has 5 nitrogen and oxygen atoms in total. The van der Waals surface area contributed by atoms with Crippen molar-refractivity contribution < 1.29 is 4.79 Å². The first-order valence-corrected chi connectivity index (χ1v) is 9.36. The lowest BCUT2D eigenvalue weighted by atomic mass is 10.1. The summed E-state index contributed by atoms with van der Waals surface area (Å²) in [5, 5.41) is 7.27. The lowest BCUT2D eigenvalue weighted by molar-refractivity contribution is -0.116. The number of amides is 1. The summed E-state index contributed by atoms with van der Waals surface area (Å²) in [6.07, 6.45) is 4.75. The van der Waals surface area contributed by atoms with Gasteiger partial charge in [-0.3, -0.25) is 9.48 Å². The number of H-pyrrole nitrogens is 1. The van der Waals surface area contributed by atoms with E-state index in [4.69, 9.17) is 0 Å². The molecule has 2 aromatic heterocycles. The van der Waals surface area contributed by atoms with Crippen molar-refractivity contribution in [3.63, 3.8) is 0 Å². The molecule has 0 radical (unpaired) electrons. The number of nitrogens with zero attached hydrogens (tertiary/aromatic N) is 2. The molecule has 0 aliphatic heterocycles. The van der Waals surface area contributed by atoms with Gasteiger partial charge >= 0.3 is 0 Å². The van der Waals surface area contributed by atoms with Crippen molar-refractivity contribution in [2.24, 2.45) is 0 Å². The topological polar surface area (TPSA) is 62.7 Å². The summed E-state index contributed by atoms with van der Waals surface area (Å²) in [7, 11) is 0. The summed E-state index contributed by atoms with van der Waals surface area (Å²) >= 11 is 0. The van der Waals surface area contributed by atoms with E-state index in [1.54, 1.807) is 6.20 Å². The van der Waals surface area contributed by atoms with Gasteiger partial charge in [0.25, 0.3) is 0 Å². The predicted octanol–water partition coefficient (Wildman–Crippen LogP) is 4.50. The van der Waals surface area contributed by atoms with E-state index in [1.807, 2.05) is 65.5 Å². The van der Waals surface area contributed by atoms with Crippen LogP contribution in [0.4, 0.5) is 5.69 Å². The third-order valence-electron chi connectivity index (χ3n) is 4.64. The number of aryl methyl sites for hydroxylation is 1. The fraction of sp³-hybridized carbons (Fsp3) is 0.130. The third kappa shape index (κ3) is 4.38. The first kappa shape index (κ1) is 17.8. The summed E-state index contributed by atoms with van der Waals surface area (Å²) in [6, 6.07) is 24.0.